The van der Waals surface area contributed by atoms with Gasteiger partial charge in [-0.3, -0.25) is 9.69 Å². The fourth-order valence-electron chi connectivity index (χ4n) is 3.77. The van der Waals surface area contributed by atoms with Crippen LogP contribution >= 0.6 is 0 Å². The van der Waals surface area contributed by atoms with E-state index in [1.54, 1.807) is 37.5 Å². The third kappa shape index (κ3) is 5.91. The molecule has 1 fully saturated rings. The average molecular weight is 442 g/mol. The molecule has 4 rings (SSSR count). The zero-order valence-electron chi connectivity index (χ0n) is 18.7. The number of phenols is 1. The molecule has 1 aromatic heterocycles. The predicted molar refractivity (Wildman–Crippen MR) is 128 cm³/mol. The number of likely N-dealkylation sites (tertiary alicyclic amines) is 1. The zero-order chi connectivity index (χ0) is 23.0. The van der Waals surface area contributed by atoms with Gasteiger partial charge in [-0.25, -0.2) is 4.98 Å². The number of hydrogen-bond acceptors (Lipinski definition) is 5. The summed E-state index contributed by atoms with van der Waals surface area (Å²) in [4.78, 5) is 19.2. The van der Waals surface area contributed by atoms with Gasteiger partial charge < -0.3 is 15.2 Å². The van der Waals surface area contributed by atoms with E-state index >= 15 is 0 Å². The number of amides is 1. The highest BCUT2D eigenvalue weighted by Gasteiger charge is 2.14. The molecule has 2 aromatic carbocycles. The van der Waals surface area contributed by atoms with Crippen LogP contribution in [0.15, 0.2) is 60.8 Å². The number of aromatic hydroxyl groups is 1. The first-order valence-electron chi connectivity index (χ1n) is 11.1. The van der Waals surface area contributed by atoms with Gasteiger partial charge in [0.2, 0.25) is 0 Å². The van der Waals surface area contributed by atoms with Gasteiger partial charge in [-0.05, 0) is 73.8 Å². The van der Waals surface area contributed by atoms with Crippen molar-refractivity contribution in [1.82, 2.24) is 15.2 Å². The van der Waals surface area contributed by atoms with Crippen LogP contribution in [0.1, 0.15) is 34.5 Å². The Bertz CT molecular complexity index is 1160. The summed E-state index contributed by atoms with van der Waals surface area (Å²) < 4.78 is 5.92. The second kappa shape index (κ2) is 10.7. The molecule has 6 nitrogen and oxygen atoms in total. The molecule has 2 N–H and O–H groups in total. The van der Waals surface area contributed by atoms with Gasteiger partial charge in [-0.15, -0.1) is 0 Å². The molecule has 168 valence electrons. The lowest BCUT2D eigenvalue weighted by Crippen LogP contribution is -2.26. The predicted octanol–water partition coefficient (Wildman–Crippen LogP) is 3.69. The third-order valence-corrected chi connectivity index (χ3v) is 5.61. The quantitative estimate of drug-likeness (QED) is 0.571. The molecule has 6 heteroatoms. The van der Waals surface area contributed by atoms with Gasteiger partial charge in [0.25, 0.3) is 5.91 Å². The summed E-state index contributed by atoms with van der Waals surface area (Å²) in [6, 6.07) is 16.2. The van der Waals surface area contributed by atoms with Crippen LogP contribution in [0.25, 0.3) is 11.1 Å². The van der Waals surface area contributed by atoms with Crippen molar-refractivity contribution >= 4 is 5.91 Å². The lowest BCUT2D eigenvalue weighted by Gasteiger charge is -2.16. The molecule has 1 saturated heterocycles. The number of aromatic nitrogens is 1. The standard InChI is InChI=1S/C27H27N3O3/c1-28-27(32)25-18-20(5-13-26(25)33-17-16-30-14-2-3-15-30)4-9-23-10-6-22(19-29-23)21-7-11-24(31)12-8-21/h5-8,10-13,18-19,31H,2-3,14-17H2,1H3,(H,28,32). The van der Waals surface area contributed by atoms with E-state index in [0.717, 1.165) is 30.8 Å². The summed E-state index contributed by atoms with van der Waals surface area (Å²) in [5, 5.41) is 12.1. The highest BCUT2D eigenvalue weighted by Crippen LogP contribution is 2.22. The van der Waals surface area contributed by atoms with E-state index in [-0.39, 0.29) is 11.7 Å². The molecule has 1 amide bonds. The summed E-state index contributed by atoms with van der Waals surface area (Å²) in [6.45, 7) is 3.64. The average Bonchev–Trinajstić information content (AvgIpc) is 3.37. The minimum Gasteiger partial charge on any atom is -0.508 e. The molecule has 0 aliphatic carbocycles. The fourth-order valence-corrected chi connectivity index (χ4v) is 3.77. The van der Waals surface area contributed by atoms with Crippen LogP contribution in [0.2, 0.25) is 0 Å². The van der Waals surface area contributed by atoms with Gasteiger partial charge in [0.1, 0.15) is 23.8 Å². The largest absolute Gasteiger partial charge is 0.508 e. The monoisotopic (exact) mass is 441 g/mol. The minimum atomic E-state index is -0.203. The van der Waals surface area contributed by atoms with E-state index in [1.807, 2.05) is 30.3 Å². The number of nitrogens with zero attached hydrogens (tertiary/aromatic N) is 2. The van der Waals surface area contributed by atoms with Gasteiger partial charge in [-0.1, -0.05) is 24.1 Å². The molecule has 1 aliphatic rings. The molecule has 1 aliphatic heterocycles. The van der Waals surface area contributed by atoms with Crippen molar-refractivity contribution in [1.29, 1.82) is 0 Å². The normalized spacial score (nSPS) is 13.2. The van der Waals surface area contributed by atoms with E-state index in [1.165, 1.54) is 12.8 Å². The highest BCUT2D eigenvalue weighted by atomic mass is 16.5. The Morgan fingerprint density at radius 3 is 2.52 bits per heavy atom. The van der Waals surface area contributed by atoms with Crippen LogP contribution in [0.3, 0.4) is 0 Å². The zero-order valence-corrected chi connectivity index (χ0v) is 18.7. The number of hydrogen-bond donors (Lipinski definition) is 2. The number of ether oxygens (including phenoxy) is 1. The number of rotatable bonds is 6. The number of nitrogens with one attached hydrogen (secondary N) is 1. The molecule has 0 radical (unpaired) electrons. The highest BCUT2D eigenvalue weighted by molar-refractivity contribution is 5.97. The lowest BCUT2D eigenvalue weighted by molar-refractivity contribution is 0.0958. The Morgan fingerprint density at radius 1 is 1.06 bits per heavy atom. The van der Waals surface area contributed by atoms with Crippen molar-refractivity contribution in [2.75, 3.05) is 33.3 Å². The van der Waals surface area contributed by atoms with Gasteiger partial charge in [0, 0.05) is 30.9 Å². The first-order chi connectivity index (χ1) is 16.1. The van der Waals surface area contributed by atoms with Crippen LogP contribution < -0.4 is 10.1 Å². The van der Waals surface area contributed by atoms with Crippen LogP contribution in [0.4, 0.5) is 0 Å². The van der Waals surface area contributed by atoms with Crippen molar-refractivity contribution in [3.05, 3.63) is 77.6 Å². The van der Waals surface area contributed by atoms with Crippen molar-refractivity contribution in [3.63, 3.8) is 0 Å². The van der Waals surface area contributed by atoms with Crippen LogP contribution in [-0.2, 0) is 0 Å². The Morgan fingerprint density at radius 2 is 1.82 bits per heavy atom. The fraction of sp³-hybridized carbons (Fsp3) is 0.259. The van der Waals surface area contributed by atoms with Gasteiger partial charge >= 0.3 is 0 Å². The van der Waals surface area contributed by atoms with Crippen LogP contribution in [0, 0.1) is 11.8 Å². The van der Waals surface area contributed by atoms with E-state index < -0.39 is 0 Å². The molecule has 0 bridgehead atoms. The Hall–Kier alpha value is -3.82. The second-order valence-corrected chi connectivity index (χ2v) is 7.92. The van der Waals surface area contributed by atoms with Crippen LogP contribution in [-0.4, -0.2) is 54.2 Å². The smallest absolute Gasteiger partial charge is 0.254 e. The van der Waals surface area contributed by atoms with Crippen molar-refractivity contribution in [3.8, 4) is 34.5 Å². The van der Waals surface area contributed by atoms with Gasteiger partial charge in [0.05, 0.1) is 5.56 Å². The van der Waals surface area contributed by atoms with Gasteiger partial charge in [-0.2, -0.15) is 0 Å². The Labute approximate surface area is 194 Å². The van der Waals surface area contributed by atoms with Crippen molar-refractivity contribution < 1.29 is 14.6 Å². The number of carbonyl (C=O) groups excluding carboxylic acids is 1. The van der Waals surface area contributed by atoms with Crippen molar-refractivity contribution in [2.24, 2.45) is 0 Å². The molecule has 0 spiro atoms. The second-order valence-electron chi connectivity index (χ2n) is 7.92. The molecule has 3 aromatic rings. The molecule has 0 atom stereocenters. The topological polar surface area (TPSA) is 74.7 Å². The molecule has 33 heavy (non-hydrogen) atoms. The van der Waals surface area contributed by atoms with E-state index in [2.05, 4.69) is 27.0 Å². The Kier molecular flexibility index (Phi) is 7.23. The first-order valence-corrected chi connectivity index (χ1v) is 11.1. The molecule has 2 heterocycles. The third-order valence-electron chi connectivity index (χ3n) is 5.61. The van der Waals surface area contributed by atoms with Crippen molar-refractivity contribution in [2.45, 2.75) is 12.8 Å². The minimum absolute atomic E-state index is 0.203. The maximum atomic E-state index is 12.4. The van der Waals surface area contributed by atoms with E-state index in [0.29, 0.717) is 29.2 Å². The van der Waals surface area contributed by atoms with Crippen LogP contribution in [0.5, 0.6) is 11.5 Å². The molecule has 0 saturated carbocycles. The molecular formula is C27H27N3O3. The summed E-state index contributed by atoms with van der Waals surface area (Å²) in [7, 11) is 1.61. The SMILES string of the molecule is CNC(=O)c1cc(C#Cc2ccc(-c3ccc(O)cc3)cn2)ccc1OCCN1CCCC1. The number of carbonyl (C=O) groups is 1. The lowest BCUT2D eigenvalue weighted by atomic mass is 10.1. The van der Waals surface area contributed by atoms with E-state index in [4.69, 9.17) is 4.74 Å². The number of benzene rings is 2. The maximum Gasteiger partial charge on any atom is 0.254 e. The first kappa shape index (κ1) is 22.4. The molecular weight excluding hydrogens is 414 g/mol. The summed E-state index contributed by atoms with van der Waals surface area (Å²) in [6.07, 6.45) is 4.24. The van der Waals surface area contributed by atoms with Gasteiger partial charge in [0.15, 0.2) is 0 Å². The summed E-state index contributed by atoms with van der Waals surface area (Å²) in [5.74, 6) is 6.73. The molecule has 0 unspecified atom stereocenters. The number of pyridine rings is 1. The summed E-state index contributed by atoms with van der Waals surface area (Å²) >= 11 is 0. The number of phenolic OH excluding ortho intramolecular Hbond substituents is 1. The Balaban J connectivity index is 1.46. The maximum absolute atomic E-state index is 12.4. The summed E-state index contributed by atoms with van der Waals surface area (Å²) in [5.41, 5.74) is 3.73. The van der Waals surface area contributed by atoms with E-state index in [9.17, 15) is 9.90 Å².